The van der Waals surface area contributed by atoms with Crippen LogP contribution in [-0.2, 0) is 4.79 Å². The summed E-state index contributed by atoms with van der Waals surface area (Å²) in [5.74, 6) is -1.24. The van der Waals surface area contributed by atoms with Gasteiger partial charge in [0.25, 0.3) is 0 Å². The average Bonchev–Trinajstić information content (AvgIpc) is 1.96. The Morgan fingerprint density at radius 2 is 2.08 bits per heavy atom. The van der Waals surface area contributed by atoms with Crippen LogP contribution in [0.25, 0.3) is 0 Å². The van der Waals surface area contributed by atoms with Crippen molar-refractivity contribution in [3.63, 3.8) is 0 Å². The summed E-state index contributed by atoms with van der Waals surface area (Å²) in [6.45, 7) is 5.45. The van der Waals surface area contributed by atoms with Gasteiger partial charge in [-0.1, -0.05) is 18.5 Å². The molecular weight excluding hydrogens is 211 g/mol. The average molecular weight is 225 g/mol. The van der Waals surface area contributed by atoms with Crippen molar-refractivity contribution >= 4 is 29.2 Å². The summed E-state index contributed by atoms with van der Waals surface area (Å²) in [6.07, 6.45) is 0.654. The number of hydrogen-bond acceptors (Lipinski definition) is 1. The lowest BCUT2D eigenvalue weighted by Crippen LogP contribution is -2.28. The molecule has 4 heteroatoms. The summed E-state index contributed by atoms with van der Waals surface area (Å²) < 4.78 is 0. The molecular formula is C9H14Cl2O2. The minimum atomic E-state index is -1.00. The number of rotatable bonds is 4. The van der Waals surface area contributed by atoms with Crippen LogP contribution in [0.15, 0.2) is 11.1 Å². The van der Waals surface area contributed by atoms with Gasteiger partial charge in [0.2, 0.25) is 0 Å². The molecule has 0 fully saturated rings. The van der Waals surface area contributed by atoms with Crippen LogP contribution in [0.4, 0.5) is 0 Å². The normalized spacial score (nSPS) is 15.6. The molecule has 2 nitrogen and oxygen atoms in total. The van der Waals surface area contributed by atoms with Gasteiger partial charge in [-0.05, 0) is 20.3 Å². The Labute approximate surface area is 88.5 Å². The second kappa shape index (κ2) is 4.87. The monoisotopic (exact) mass is 224 g/mol. The van der Waals surface area contributed by atoms with Gasteiger partial charge < -0.3 is 5.11 Å². The number of carboxylic acids is 1. The van der Waals surface area contributed by atoms with Crippen LogP contribution in [0.2, 0.25) is 0 Å². The molecule has 0 rings (SSSR count). The summed E-state index contributed by atoms with van der Waals surface area (Å²) in [4.78, 5) is 10.2. The van der Waals surface area contributed by atoms with Gasteiger partial charge in [0.15, 0.2) is 0 Å². The van der Waals surface area contributed by atoms with Gasteiger partial charge in [-0.3, -0.25) is 0 Å². The van der Waals surface area contributed by atoms with Crippen molar-refractivity contribution in [1.29, 1.82) is 0 Å². The van der Waals surface area contributed by atoms with Crippen molar-refractivity contribution < 1.29 is 9.90 Å². The first-order valence-electron chi connectivity index (χ1n) is 4.07. The van der Waals surface area contributed by atoms with Gasteiger partial charge in [0.1, 0.15) is 0 Å². The largest absolute Gasteiger partial charge is 0.478 e. The highest BCUT2D eigenvalue weighted by molar-refractivity contribution is 6.28. The van der Waals surface area contributed by atoms with Crippen molar-refractivity contribution in [2.45, 2.75) is 32.1 Å². The van der Waals surface area contributed by atoms with Crippen LogP contribution in [-0.4, -0.2) is 16.0 Å². The third kappa shape index (κ3) is 3.57. The lowest BCUT2D eigenvalue weighted by atomic mass is 9.86. The highest BCUT2D eigenvalue weighted by atomic mass is 35.5. The minimum Gasteiger partial charge on any atom is -0.478 e. The van der Waals surface area contributed by atoms with Gasteiger partial charge in [-0.25, -0.2) is 4.79 Å². The zero-order chi connectivity index (χ0) is 10.6. The Balaban J connectivity index is 4.87. The van der Waals surface area contributed by atoms with Gasteiger partial charge in [-0.2, -0.15) is 0 Å². The molecule has 0 saturated carbocycles. The van der Waals surface area contributed by atoms with E-state index in [1.54, 1.807) is 13.8 Å². The van der Waals surface area contributed by atoms with E-state index in [-0.39, 0.29) is 11.5 Å². The Kier molecular flexibility index (Phi) is 4.79. The molecule has 0 aliphatic heterocycles. The van der Waals surface area contributed by atoms with Crippen molar-refractivity contribution in [3.8, 4) is 0 Å². The van der Waals surface area contributed by atoms with Crippen molar-refractivity contribution in [2.24, 2.45) is 5.92 Å². The molecule has 0 saturated heterocycles. The zero-order valence-electron chi connectivity index (χ0n) is 7.97. The number of alkyl halides is 1. The van der Waals surface area contributed by atoms with Crippen molar-refractivity contribution in [1.82, 2.24) is 0 Å². The highest BCUT2D eigenvalue weighted by Crippen LogP contribution is 2.33. The van der Waals surface area contributed by atoms with Crippen LogP contribution >= 0.6 is 23.2 Å². The molecule has 0 aromatic carbocycles. The molecule has 1 N–H and O–H groups in total. The number of carboxylic acid groups (broad SMARTS) is 1. The predicted molar refractivity (Wildman–Crippen MR) is 55.3 cm³/mol. The minimum absolute atomic E-state index is 0.171. The second-order valence-corrected chi connectivity index (χ2v) is 4.59. The maximum Gasteiger partial charge on any atom is 0.332 e. The smallest absolute Gasteiger partial charge is 0.332 e. The first-order valence-corrected chi connectivity index (χ1v) is 4.88. The van der Waals surface area contributed by atoms with Crippen LogP contribution in [0.3, 0.4) is 0 Å². The lowest BCUT2D eigenvalue weighted by Gasteiger charge is -2.27. The second-order valence-electron chi connectivity index (χ2n) is 3.39. The Morgan fingerprint density at radius 3 is 2.15 bits per heavy atom. The quantitative estimate of drug-likeness (QED) is 0.589. The molecule has 0 aromatic rings. The highest BCUT2D eigenvalue weighted by Gasteiger charge is 2.31. The molecule has 76 valence electrons. The topological polar surface area (TPSA) is 37.3 Å². The first-order chi connectivity index (χ1) is 5.84. The molecule has 13 heavy (non-hydrogen) atoms. The SMILES string of the molecule is CCC(/C(=C\Cl)C(=O)O)C(C)(C)Cl. The number of carbonyl (C=O) groups is 1. The third-order valence-corrected chi connectivity index (χ3v) is 2.48. The predicted octanol–water partition coefficient (Wildman–Crippen LogP) is 3.24. The summed E-state index contributed by atoms with van der Waals surface area (Å²) >= 11 is 11.5. The van der Waals surface area contributed by atoms with E-state index >= 15 is 0 Å². The van der Waals surface area contributed by atoms with E-state index in [0.717, 1.165) is 5.54 Å². The number of hydrogen-bond donors (Lipinski definition) is 1. The van der Waals surface area contributed by atoms with E-state index in [1.807, 2.05) is 6.92 Å². The maximum absolute atomic E-state index is 10.8. The van der Waals surface area contributed by atoms with Crippen LogP contribution in [0.5, 0.6) is 0 Å². The molecule has 0 bridgehead atoms. The fraction of sp³-hybridized carbons (Fsp3) is 0.667. The van der Waals surface area contributed by atoms with Crippen LogP contribution in [0.1, 0.15) is 27.2 Å². The molecule has 0 amide bonds. The van der Waals surface area contributed by atoms with Gasteiger partial charge in [-0.15, -0.1) is 11.6 Å². The van der Waals surface area contributed by atoms with E-state index in [1.165, 1.54) is 0 Å². The molecule has 0 radical (unpaired) electrons. The van der Waals surface area contributed by atoms with E-state index in [2.05, 4.69) is 0 Å². The molecule has 1 atom stereocenters. The zero-order valence-corrected chi connectivity index (χ0v) is 9.49. The summed E-state index contributed by atoms with van der Waals surface area (Å²) in [5.41, 5.74) is 1.27. The van der Waals surface area contributed by atoms with E-state index < -0.39 is 10.8 Å². The molecule has 0 spiro atoms. The van der Waals surface area contributed by atoms with Crippen LogP contribution < -0.4 is 0 Å². The third-order valence-electron chi connectivity index (χ3n) is 1.98. The molecule has 1 unspecified atom stereocenters. The first kappa shape index (κ1) is 12.8. The summed E-state index contributed by atoms with van der Waals surface area (Å²) in [5, 5.41) is 8.83. The molecule has 0 aliphatic carbocycles. The summed E-state index contributed by atoms with van der Waals surface area (Å²) in [6, 6.07) is 0. The van der Waals surface area contributed by atoms with Crippen molar-refractivity contribution in [3.05, 3.63) is 11.1 Å². The molecule has 0 aliphatic rings. The van der Waals surface area contributed by atoms with Gasteiger partial charge in [0.05, 0.1) is 5.57 Å². The van der Waals surface area contributed by atoms with Crippen molar-refractivity contribution in [2.75, 3.05) is 0 Å². The Morgan fingerprint density at radius 1 is 1.62 bits per heavy atom. The Hall–Kier alpha value is -0.210. The van der Waals surface area contributed by atoms with E-state index in [4.69, 9.17) is 28.3 Å². The standard InChI is InChI=1S/C9H14Cl2O2/c1-4-7(9(2,3)11)6(5-10)8(12)13/h5,7H,4H2,1-3H3,(H,12,13)/b6-5+. The molecule has 0 heterocycles. The Bertz CT molecular complexity index is 216. The number of aliphatic carboxylic acids is 1. The van der Waals surface area contributed by atoms with Gasteiger partial charge in [0, 0.05) is 16.3 Å². The summed E-state index contributed by atoms with van der Waals surface area (Å²) in [7, 11) is 0. The van der Waals surface area contributed by atoms with E-state index in [9.17, 15) is 4.79 Å². The van der Waals surface area contributed by atoms with Crippen LogP contribution in [0, 0.1) is 5.92 Å². The number of halogens is 2. The van der Waals surface area contributed by atoms with E-state index in [0.29, 0.717) is 6.42 Å². The van der Waals surface area contributed by atoms with Gasteiger partial charge >= 0.3 is 5.97 Å². The maximum atomic E-state index is 10.8. The lowest BCUT2D eigenvalue weighted by molar-refractivity contribution is -0.133. The molecule has 0 aromatic heterocycles. The fourth-order valence-electron chi connectivity index (χ4n) is 1.35. The fourth-order valence-corrected chi connectivity index (χ4v) is 1.86.